The number of hydrogen-bond acceptors (Lipinski definition) is 5. The number of esters is 1. The van der Waals surface area contributed by atoms with E-state index < -0.39 is 47.3 Å². The number of rotatable bonds is 3. The first-order chi connectivity index (χ1) is 12.6. The van der Waals surface area contributed by atoms with Crippen molar-refractivity contribution in [2.75, 3.05) is 13.1 Å². The van der Waals surface area contributed by atoms with Crippen LogP contribution < -0.4 is 10.6 Å². The lowest BCUT2D eigenvalue weighted by Gasteiger charge is -2.57. The number of amides is 2. The summed E-state index contributed by atoms with van der Waals surface area (Å²) in [6, 6.07) is 3.69. The van der Waals surface area contributed by atoms with E-state index in [2.05, 4.69) is 10.6 Å². The Morgan fingerprint density at radius 2 is 1.93 bits per heavy atom. The molecule has 2 aliphatic heterocycles. The number of ether oxygens (including phenoxy) is 1. The molecule has 3 atom stereocenters. The van der Waals surface area contributed by atoms with Crippen molar-refractivity contribution in [1.82, 2.24) is 15.5 Å². The van der Waals surface area contributed by atoms with Crippen LogP contribution in [-0.2, 0) is 25.3 Å². The Labute approximate surface area is 152 Å². The number of piperazine rings is 1. The van der Waals surface area contributed by atoms with E-state index in [1.807, 2.05) is 0 Å². The molecule has 2 saturated heterocycles. The number of halogens is 3. The molecule has 10 heteroatoms. The molecule has 2 heterocycles. The summed E-state index contributed by atoms with van der Waals surface area (Å²) in [6.45, 7) is 2.62. The number of carbonyl (C=O) groups excluding carboxylic acids is 3. The Bertz CT molecular complexity index is 781. The quantitative estimate of drug-likeness (QED) is 0.757. The summed E-state index contributed by atoms with van der Waals surface area (Å²) in [7, 11) is 0. The third-order valence-corrected chi connectivity index (χ3v) is 4.87. The zero-order valence-electron chi connectivity index (χ0n) is 14.6. The largest absolute Gasteiger partial charge is 0.444 e. The summed E-state index contributed by atoms with van der Waals surface area (Å²) < 4.78 is 43.4. The highest BCUT2D eigenvalue weighted by atomic mass is 19.4. The molecule has 3 rings (SSSR count). The molecular formula is C17H18F3N3O4. The van der Waals surface area contributed by atoms with Crippen LogP contribution in [-0.4, -0.2) is 47.5 Å². The van der Waals surface area contributed by atoms with Gasteiger partial charge in [-0.25, -0.2) is 0 Å². The van der Waals surface area contributed by atoms with Crippen LogP contribution >= 0.6 is 0 Å². The number of benzene rings is 1. The van der Waals surface area contributed by atoms with E-state index in [1.54, 1.807) is 6.92 Å². The van der Waals surface area contributed by atoms with Gasteiger partial charge in [0.05, 0.1) is 18.2 Å². The molecule has 2 fully saturated rings. The van der Waals surface area contributed by atoms with Gasteiger partial charge in [-0.05, 0) is 24.6 Å². The van der Waals surface area contributed by atoms with E-state index in [-0.39, 0.29) is 13.1 Å². The van der Waals surface area contributed by atoms with E-state index >= 15 is 0 Å². The smallest absolute Gasteiger partial charge is 0.416 e. The lowest BCUT2D eigenvalue weighted by atomic mass is 9.82. The minimum Gasteiger partial charge on any atom is -0.444 e. The van der Waals surface area contributed by atoms with Crippen molar-refractivity contribution in [1.29, 1.82) is 0 Å². The second kappa shape index (κ2) is 6.52. The van der Waals surface area contributed by atoms with Crippen LogP contribution in [0.2, 0.25) is 0 Å². The molecule has 1 aromatic carbocycles. The first-order valence-corrected chi connectivity index (χ1v) is 8.25. The third kappa shape index (κ3) is 3.14. The van der Waals surface area contributed by atoms with Crippen molar-refractivity contribution >= 4 is 17.8 Å². The Morgan fingerprint density at radius 1 is 1.30 bits per heavy atom. The predicted octanol–water partition coefficient (Wildman–Crippen LogP) is 0.956. The summed E-state index contributed by atoms with van der Waals surface area (Å²) in [5.74, 6) is -1.52. The zero-order chi connectivity index (χ0) is 20.0. The number of nitrogens with one attached hydrogen (secondary N) is 2. The normalized spacial score (nSPS) is 26.4. The fourth-order valence-electron chi connectivity index (χ4n) is 3.48. The Kier molecular flexibility index (Phi) is 4.62. The molecule has 0 saturated carbocycles. The monoisotopic (exact) mass is 385 g/mol. The predicted molar refractivity (Wildman–Crippen MR) is 86.0 cm³/mol. The fourth-order valence-corrected chi connectivity index (χ4v) is 3.48. The van der Waals surface area contributed by atoms with Gasteiger partial charge in [0.2, 0.25) is 5.91 Å². The molecule has 7 nitrogen and oxygen atoms in total. The van der Waals surface area contributed by atoms with Gasteiger partial charge in [-0.3, -0.25) is 19.7 Å². The summed E-state index contributed by atoms with van der Waals surface area (Å²) in [4.78, 5) is 37.8. The number of carbonyl (C=O) groups is 3. The van der Waals surface area contributed by atoms with Gasteiger partial charge >= 0.3 is 12.1 Å². The molecule has 2 N–H and O–H groups in total. The van der Waals surface area contributed by atoms with E-state index in [9.17, 15) is 27.6 Å². The van der Waals surface area contributed by atoms with Crippen LogP contribution in [0.25, 0.3) is 0 Å². The van der Waals surface area contributed by atoms with Crippen molar-refractivity contribution in [3.63, 3.8) is 0 Å². The number of nitrogens with zero attached hydrogens (tertiary/aromatic N) is 1. The van der Waals surface area contributed by atoms with Gasteiger partial charge in [-0.15, -0.1) is 0 Å². The van der Waals surface area contributed by atoms with Gasteiger partial charge < -0.3 is 15.0 Å². The lowest BCUT2D eigenvalue weighted by Crippen LogP contribution is -2.85. The Hall–Kier alpha value is -2.62. The SMILES string of the molecule is CC(=O)OC1NCC12C(=O)NCC(=O)N2[C@@H](C)c1ccc(C(F)(F)F)cc1. The molecular weight excluding hydrogens is 367 g/mol. The molecule has 1 spiro atoms. The summed E-state index contributed by atoms with van der Waals surface area (Å²) in [5, 5.41) is 5.29. The lowest BCUT2D eigenvalue weighted by molar-refractivity contribution is -0.195. The second-order valence-electron chi connectivity index (χ2n) is 6.54. The molecule has 2 amide bonds. The molecule has 27 heavy (non-hydrogen) atoms. The summed E-state index contributed by atoms with van der Waals surface area (Å²) in [5.41, 5.74) is -1.82. The topological polar surface area (TPSA) is 87.7 Å². The van der Waals surface area contributed by atoms with Crippen LogP contribution in [0, 0.1) is 0 Å². The van der Waals surface area contributed by atoms with Gasteiger partial charge in [0.15, 0.2) is 11.8 Å². The standard InChI is InChI=1S/C17H18F3N3O4/c1-9(11-3-5-12(6-4-11)17(18,19)20)23-13(25)7-21-14(26)16(23)8-22-15(16)27-10(2)24/h3-6,9,15,22H,7-8H2,1-2H3,(H,21,26)/t9-,15?,16?/m0/s1. The minimum atomic E-state index is -4.47. The van der Waals surface area contributed by atoms with Crippen LogP contribution in [0.15, 0.2) is 24.3 Å². The van der Waals surface area contributed by atoms with Gasteiger partial charge in [0.25, 0.3) is 5.91 Å². The zero-order valence-corrected chi connectivity index (χ0v) is 14.6. The van der Waals surface area contributed by atoms with Crippen molar-refractivity contribution in [3.05, 3.63) is 35.4 Å². The molecule has 2 unspecified atom stereocenters. The highest BCUT2D eigenvalue weighted by Gasteiger charge is 2.63. The first-order valence-electron chi connectivity index (χ1n) is 8.25. The Balaban J connectivity index is 1.95. The van der Waals surface area contributed by atoms with E-state index in [1.165, 1.54) is 24.0 Å². The van der Waals surface area contributed by atoms with Gasteiger partial charge in [0.1, 0.15) is 0 Å². The molecule has 0 bridgehead atoms. The number of hydrogen-bond donors (Lipinski definition) is 2. The van der Waals surface area contributed by atoms with Gasteiger partial charge in [-0.1, -0.05) is 12.1 Å². The maximum Gasteiger partial charge on any atom is 0.416 e. The minimum absolute atomic E-state index is 0.0630. The Morgan fingerprint density at radius 3 is 2.41 bits per heavy atom. The van der Waals surface area contributed by atoms with E-state index in [0.717, 1.165) is 12.1 Å². The maximum absolute atomic E-state index is 12.8. The van der Waals surface area contributed by atoms with Crippen LogP contribution in [0.3, 0.4) is 0 Å². The first kappa shape index (κ1) is 19.2. The highest BCUT2D eigenvalue weighted by Crippen LogP contribution is 2.38. The average molecular weight is 385 g/mol. The molecule has 0 aromatic heterocycles. The van der Waals surface area contributed by atoms with E-state index in [4.69, 9.17) is 4.74 Å². The van der Waals surface area contributed by atoms with Crippen molar-refractivity contribution in [3.8, 4) is 0 Å². The van der Waals surface area contributed by atoms with Crippen LogP contribution in [0.4, 0.5) is 13.2 Å². The van der Waals surface area contributed by atoms with Crippen LogP contribution in [0.5, 0.6) is 0 Å². The number of alkyl halides is 3. The molecule has 0 aliphatic carbocycles. The maximum atomic E-state index is 12.8. The van der Waals surface area contributed by atoms with Crippen molar-refractivity contribution < 1.29 is 32.3 Å². The molecule has 1 aromatic rings. The summed E-state index contributed by atoms with van der Waals surface area (Å²) in [6.07, 6.45) is -5.50. The average Bonchev–Trinajstić information content (AvgIpc) is 2.59. The fraction of sp³-hybridized carbons (Fsp3) is 0.471. The molecule has 0 radical (unpaired) electrons. The van der Waals surface area contributed by atoms with Gasteiger partial charge in [-0.2, -0.15) is 13.2 Å². The molecule has 146 valence electrons. The summed E-state index contributed by atoms with van der Waals surface area (Å²) >= 11 is 0. The third-order valence-electron chi connectivity index (χ3n) is 4.87. The van der Waals surface area contributed by atoms with Crippen molar-refractivity contribution in [2.24, 2.45) is 0 Å². The van der Waals surface area contributed by atoms with E-state index in [0.29, 0.717) is 5.56 Å². The van der Waals surface area contributed by atoms with Crippen LogP contribution in [0.1, 0.15) is 31.0 Å². The highest BCUT2D eigenvalue weighted by molar-refractivity contribution is 6.00. The van der Waals surface area contributed by atoms with Crippen molar-refractivity contribution in [2.45, 2.75) is 37.8 Å². The second-order valence-corrected chi connectivity index (χ2v) is 6.54. The molecule has 2 aliphatic rings. The van der Waals surface area contributed by atoms with Gasteiger partial charge in [0, 0.05) is 13.5 Å².